The summed E-state index contributed by atoms with van der Waals surface area (Å²) in [6.45, 7) is 7.91. The molecule has 0 aliphatic heterocycles. The van der Waals surface area contributed by atoms with Crippen molar-refractivity contribution in [3.63, 3.8) is 0 Å². The van der Waals surface area contributed by atoms with Crippen molar-refractivity contribution in [3.8, 4) is 0 Å². The summed E-state index contributed by atoms with van der Waals surface area (Å²) in [6, 6.07) is 11.1. The Bertz CT molecular complexity index is 408. The van der Waals surface area contributed by atoms with Crippen molar-refractivity contribution < 1.29 is 0 Å². The molecule has 0 heterocycles. The molecule has 0 spiro atoms. The molecule has 0 radical (unpaired) electrons. The SMILES string of the molecule is CCCCc1ccc(C(C)NCC(C)N(C)C2CC2)cc1. The molecule has 0 saturated heterocycles. The van der Waals surface area contributed by atoms with Gasteiger partial charge < -0.3 is 5.32 Å². The highest BCUT2D eigenvalue weighted by Crippen LogP contribution is 2.26. The van der Waals surface area contributed by atoms with Crippen LogP contribution in [0.1, 0.15) is 63.6 Å². The third kappa shape index (κ3) is 5.12. The number of nitrogens with zero attached hydrogens (tertiary/aromatic N) is 1. The van der Waals surface area contributed by atoms with Gasteiger partial charge in [-0.2, -0.15) is 0 Å². The first kappa shape index (κ1) is 16.5. The van der Waals surface area contributed by atoms with Crippen LogP contribution in [0.25, 0.3) is 0 Å². The van der Waals surface area contributed by atoms with E-state index in [-0.39, 0.29) is 0 Å². The Morgan fingerprint density at radius 2 is 1.86 bits per heavy atom. The van der Waals surface area contributed by atoms with Crippen LogP contribution in [0.2, 0.25) is 0 Å². The molecule has 0 aromatic heterocycles. The van der Waals surface area contributed by atoms with Gasteiger partial charge in [0.25, 0.3) is 0 Å². The lowest BCUT2D eigenvalue weighted by Crippen LogP contribution is -2.39. The largest absolute Gasteiger partial charge is 0.309 e. The fourth-order valence-electron chi connectivity index (χ4n) is 2.80. The first-order valence-electron chi connectivity index (χ1n) is 8.66. The molecule has 2 atom stereocenters. The average Bonchev–Trinajstić information content (AvgIpc) is 3.34. The Morgan fingerprint density at radius 1 is 1.19 bits per heavy atom. The fraction of sp³-hybridized carbons (Fsp3) is 0.684. The Kier molecular flexibility index (Phi) is 6.25. The molecule has 2 unspecified atom stereocenters. The van der Waals surface area contributed by atoms with Crippen LogP contribution in [0.4, 0.5) is 0 Å². The monoisotopic (exact) mass is 288 g/mol. The molecule has 1 aliphatic carbocycles. The zero-order chi connectivity index (χ0) is 15.2. The smallest absolute Gasteiger partial charge is 0.0292 e. The van der Waals surface area contributed by atoms with Crippen molar-refractivity contribution in [1.29, 1.82) is 0 Å². The molecule has 0 amide bonds. The quantitative estimate of drug-likeness (QED) is 0.734. The molecule has 2 rings (SSSR count). The van der Waals surface area contributed by atoms with Gasteiger partial charge in [-0.3, -0.25) is 4.90 Å². The molecule has 1 aromatic carbocycles. The minimum atomic E-state index is 0.431. The number of unbranched alkanes of at least 4 members (excludes halogenated alkanes) is 1. The predicted octanol–water partition coefficient (Wildman–Crippen LogP) is 4.16. The molecule has 1 saturated carbocycles. The highest BCUT2D eigenvalue weighted by Gasteiger charge is 2.28. The van der Waals surface area contributed by atoms with E-state index in [0.29, 0.717) is 12.1 Å². The lowest BCUT2D eigenvalue weighted by molar-refractivity contribution is 0.237. The van der Waals surface area contributed by atoms with Crippen LogP contribution in [-0.2, 0) is 6.42 Å². The molecule has 21 heavy (non-hydrogen) atoms. The van der Waals surface area contributed by atoms with Gasteiger partial charge in [-0.1, -0.05) is 37.6 Å². The lowest BCUT2D eigenvalue weighted by atomic mass is 10.0. The number of hydrogen-bond donors (Lipinski definition) is 1. The molecule has 2 nitrogen and oxygen atoms in total. The number of rotatable bonds is 9. The zero-order valence-corrected chi connectivity index (χ0v) is 14.2. The molecule has 1 aliphatic rings. The van der Waals surface area contributed by atoms with Crippen molar-refractivity contribution in [2.75, 3.05) is 13.6 Å². The molecule has 1 N–H and O–H groups in total. The third-order valence-corrected chi connectivity index (χ3v) is 4.84. The summed E-state index contributed by atoms with van der Waals surface area (Å²) < 4.78 is 0. The zero-order valence-electron chi connectivity index (χ0n) is 14.2. The summed E-state index contributed by atoms with van der Waals surface area (Å²) >= 11 is 0. The fourth-order valence-corrected chi connectivity index (χ4v) is 2.80. The van der Waals surface area contributed by atoms with Gasteiger partial charge in [0.15, 0.2) is 0 Å². The van der Waals surface area contributed by atoms with E-state index in [0.717, 1.165) is 12.6 Å². The van der Waals surface area contributed by atoms with E-state index >= 15 is 0 Å². The standard InChI is InChI=1S/C19H32N2/c1-5-6-7-17-8-10-18(11-9-17)16(3)20-14-15(2)21(4)19-12-13-19/h8-11,15-16,19-20H,5-7,12-14H2,1-4H3. The number of aryl methyl sites for hydroxylation is 1. The van der Waals surface area contributed by atoms with Gasteiger partial charge in [0, 0.05) is 24.7 Å². The van der Waals surface area contributed by atoms with E-state index in [1.165, 1.54) is 43.2 Å². The molecule has 1 aromatic rings. The van der Waals surface area contributed by atoms with Crippen LogP contribution in [-0.4, -0.2) is 30.6 Å². The molecular formula is C19H32N2. The summed E-state index contributed by atoms with van der Waals surface area (Å²) in [7, 11) is 2.26. The van der Waals surface area contributed by atoms with Gasteiger partial charge in [0.2, 0.25) is 0 Å². The molecule has 0 bridgehead atoms. The van der Waals surface area contributed by atoms with Gasteiger partial charge in [-0.15, -0.1) is 0 Å². The van der Waals surface area contributed by atoms with Gasteiger partial charge in [-0.05, 0) is 57.7 Å². The second-order valence-electron chi connectivity index (χ2n) is 6.72. The molecule has 118 valence electrons. The summed E-state index contributed by atoms with van der Waals surface area (Å²) in [5.74, 6) is 0. The number of likely N-dealkylation sites (N-methyl/N-ethyl adjacent to an activating group) is 1. The predicted molar refractivity (Wildman–Crippen MR) is 91.7 cm³/mol. The van der Waals surface area contributed by atoms with Crippen LogP contribution in [0, 0.1) is 0 Å². The van der Waals surface area contributed by atoms with E-state index in [2.05, 4.69) is 62.3 Å². The Labute approximate surface area is 130 Å². The maximum absolute atomic E-state index is 3.68. The number of benzene rings is 1. The minimum absolute atomic E-state index is 0.431. The van der Waals surface area contributed by atoms with Gasteiger partial charge in [0.1, 0.15) is 0 Å². The van der Waals surface area contributed by atoms with Gasteiger partial charge >= 0.3 is 0 Å². The maximum atomic E-state index is 3.68. The first-order valence-corrected chi connectivity index (χ1v) is 8.66. The summed E-state index contributed by atoms with van der Waals surface area (Å²) in [5.41, 5.74) is 2.87. The number of hydrogen-bond acceptors (Lipinski definition) is 2. The van der Waals surface area contributed by atoms with Crippen molar-refractivity contribution >= 4 is 0 Å². The second kappa shape index (κ2) is 7.95. The molecule has 1 fully saturated rings. The molecule has 2 heteroatoms. The van der Waals surface area contributed by atoms with Crippen LogP contribution in [0.3, 0.4) is 0 Å². The van der Waals surface area contributed by atoms with Crippen LogP contribution in [0.15, 0.2) is 24.3 Å². The van der Waals surface area contributed by atoms with Gasteiger partial charge in [-0.25, -0.2) is 0 Å². The van der Waals surface area contributed by atoms with E-state index in [4.69, 9.17) is 0 Å². The normalized spacial score (nSPS) is 18.0. The minimum Gasteiger partial charge on any atom is -0.309 e. The van der Waals surface area contributed by atoms with Crippen molar-refractivity contribution in [1.82, 2.24) is 10.2 Å². The second-order valence-corrected chi connectivity index (χ2v) is 6.72. The highest BCUT2D eigenvalue weighted by molar-refractivity contribution is 5.24. The van der Waals surface area contributed by atoms with Crippen LogP contribution in [0.5, 0.6) is 0 Å². The van der Waals surface area contributed by atoms with Crippen molar-refractivity contribution in [3.05, 3.63) is 35.4 Å². The summed E-state index contributed by atoms with van der Waals surface area (Å²) in [5, 5.41) is 3.68. The topological polar surface area (TPSA) is 15.3 Å². The van der Waals surface area contributed by atoms with E-state index in [9.17, 15) is 0 Å². The summed E-state index contributed by atoms with van der Waals surface area (Å²) in [6.07, 6.45) is 6.54. The third-order valence-electron chi connectivity index (χ3n) is 4.84. The van der Waals surface area contributed by atoms with Crippen LogP contribution < -0.4 is 5.32 Å². The van der Waals surface area contributed by atoms with E-state index in [1.54, 1.807) is 0 Å². The van der Waals surface area contributed by atoms with Gasteiger partial charge in [0.05, 0.1) is 0 Å². The first-order chi connectivity index (χ1) is 10.1. The maximum Gasteiger partial charge on any atom is 0.0292 e. The average molecular weight is 288 g/mol. The Morgan fingerprint density at radius 3 is 2.43 bits per heavy atom. The van der Waals surface area contributed by atoms with E-state index < -0.39 is 0 Å². The molecular weight excluding hydrogens is 256 g/mol. The Balaban J connectivity index is 1.77. The highest BCUT2D eigenvalue weighted by atomic mass is 15.2. The summed E-state index contributed by atoms with van der Waals surface area (Å²) in [4.78, 5) is 2.52. The van der Waals surface area contributed by atoms with Crippen LogP contribution >= 0.6 is 0 Å². The number of nitrogens with one attached hydrogen (secondary N) is 1. The van der Waals surface area contributed by atoms with Crippen molar-refractivity contribution in [2.45, 2.75) is 71.0 Å². The Hall–Kier alpha value is -0.860. The lowest BCUT2D eigenvalue weighted by Gasteiger charge is -2.26. The van der Waals surface area contributed by atoms with Crippen molar-refractivity contribution in [2.24, 2.45) is 0 Å². The van der Waals surface area contributed by atoms with E-state index in [1.807, 2.05) is 0 Å².